The lowest BCUT2D eigenvalue weighted by Crippen LogP contribution is -1.98. The van der Waals surface area contributed by atoms with Gasteiger partial charge >= 0.3 is 0 Å². The van der Waals surface area contributed by atoms with Gasteiger partial charge < -0.3 is 5.11 Å². The van der Waals surface area contributed by atoms with Gasteiger partial charge in [0, 0.05) is 0 Å². The molecule has 0 aliphatic heterocycles. The molecule has 0 aliphatic carbocycles. The molecule has 1 N–H and O–H groups in total. The first kappa shape index (κ1) is 12.6. The van der Waals surface area contributed by atoms with Crippen LogP contribution in [-0.4, -0.2) is 5.11 Å². The highest BCUT2D eigenvalue weighted by atomic mass is 16.3. The molecule has 0 saturated carbocycles. The van der Waals surface area contributed by atoms with Gasteiger partial charge in [-0.05, 0) is 44.3 Å². The molecule has 0 aliphatic rings. The van der Waals surface area contributed by atoms with Crippen molar-refractivity contribution in [3.8, 4) is 0 Å². The molecule has 0 unspecified atom stereocenters. The topological polar surface area (TPSA) is 20.2 Å². The van der Waals surface area contributed by atoms with Gasteiger partial charge in [0.15, 0.2) is 0 Å². The summed E-state index contributed by atoms with van der Waals surface area (Å²) in [6, 6.07) is 19.4. The summed E-state index contributed by atoms with van der Waals surface area (Å²) in [5, 5.41) is 18.0. The Morgan fingerprint density at radius 1 is 0.810 bits per heavy atom. The molecule has 0 saturated heterocycles. The average Bonchev–Trinajstić information content (AvgIpc) is 2.52. The molecule has 4 aromatic rings. The molecule has 21 heavy (non-hydrogen) atoms. The Morgan fingerprint density at radius 2 is 1.43 bits per heavy atom. The van der Waals surface area contributed by atoms with Crippen LogP contribution >= 0.6 is 0 Å². The van der Waals surface area contributed by atoms with Gasteiger partial charge in [0.25, 0.3) is 0 Å². The van der Waals surface area contributed by atoms with Crippen molar-refractivity contribution in [2.75, 3.05) is 0 Å². The third-order valence-electron chi connectivity index (χ3n) is 4.48. The van der Waals surface area contributed by atoms with Crippen molar-refractivity contribution in [3.05, 3.63) is 60.2 Å². The molecule has 1 atom stereocenters. The predicted molar refractivity (Wildman–Crippen MR) is 90.0 cm³/mol. The molecule has 0 heterocycles. The maximum Gasteiger partial charge on any atom is 0.0796 e. The van der Waals surface area contributed by atoms with E-state index in [4.69, 9.17) is 0 Å². The minimum absolute atomic E-state index is 0.375. The average molecular weight is 274 g/mol. The first-order valence-electron chi connectivity index (χ1n) is 7.64. The van der Waals surface area contributed by atoms with Crippen molar-refractivity contribution in [3.63, 3.8) is 0 Å². The van der Waals surface area contributed by atoms with E-state index in [-0.39, 0.29) is 6.10 Å². The van der Waals surface area contributed by atoms with Crippen molar-refractivity contribution < 1.29 is 5.11 Å². The number of aliphatic hydroxyl groups is 1. The molecule has 4 aromatic carbocycles. The number of hydrogen-bond acceptors (Lipinski definition) is 1. The maximum absolute atomic E-state index is 10.5. The van der Waals surface area contributed by atoms with Crippen molar-refractivity contribution in [1.29, 1.82) is 0 Å². The minimum atomic E-state index is -0.375. The number of rotatable bonds is 3. The Labute approximate surface area is 124 Å². The summed E-state index contributed by atoms with van der Waals surface area (Å²) in [5.74, 6) is 0. The van der Waals surface area contributed by atoms with E-state index in [2.05, 4.69) is 61.5 Å². The van der Waals surface area contributed by atoms with E-state index in [9.17, 15) is 5.11 Å². The lowest BCUT2D eigenvalue weighted by molar-refractivity contribution is 0.168. The zero-order valence-corrected chi connectivity index (χ0v) is 12.1. The van der Waals surface area contributed by atoms with Gasteiger partial charge in [-0.2, -0.15) is 0 Å². The fourth-order valence-electron chi connectivity index (χ4n) is 3.48. The van der Waals surface area contributed by atoms with Gasteiger partial charge in [0.2, 0.25) is 0 Å². The Kier molecular flexibility index (Phi) is 2.83. The second-order valence-corrected chi connectivity index (χ2v) is 5.82. The highest BCUT2D eigenvalue weighted by Crippen LogP contribution is 2.38. The Bertz CT molecular complexity index is 907. The second-order valence-electron chi connectivity index (χ2n) is 5.82. The highest BCUT2D eigenvalue weighted by Gasteiger charge is 2.14. The lowest BCUT2D eigenvalue weighted by Gasteiger charge is -2.17. The molecule has 0 fully saturated rings. The van der Waals surface area contributed by atoms with Crippen molar-refractivity contribution in [2.45, 2.75) is 25.9 Å². The molecular weight excluding hydrogens is 256 g/mol. The lowest BCUT2D eigenvalue weighted by atomic mass is 9.90. The SMILES string of the molecule is CCC[C@H](O)c1ccc2ccc3cccc4ccc1c2c34. The molecule has 1 nitrogen and oxygen atoms in total. The van der Waals surface area contributed by atoms with Gasteiger partial charge in [-0.25, -0.2) is 0 Å². The number of hydrogen-bond donors (Lipinski definition) is 1. The summed E-state index contributed by atoms with van der Waals surface area (Å²) in [5.41, 5.74) is 1.06. The van der Waals surface area contributed by atoms with E-state index in [1.165, 1.54) is 32.3 Å². The number of benzene rings is 4. The van der Waals surface area contributed by atoms with E-state index in [0.717, 1.165) is 18.4 Å². The third kappa shape index (κ3) is 1.81. The summed E-state index contributed by atoms with van der Waals surface area (Å²) >= 11 is 0. The van der Waals surface area contributed by atoms with Crippen LogP contribution in [0.15, 0.2) is 54.6 Å². The summed E-state index contributed by atoms with van der Waals surface area (Å²) in [6.45, 7) is 2.11. The van der Waals surface area contributed by atoms with E-state index in [0.29, 0.717) is 0 Å². The standard InChI is InChI=1S/C20H18O/c1-2-4-18(21)16-11-9-15-8-7-13-5-3-6-14-10-12-17(16)20(15)19(13)14/h3,5-12,18,21H,2,4H2,1H3/t18-/m0/s1. The molecule has 104 valence electrons. The molecule has 0 amide bonds. The minimum Gasteiger partial charge on any atom is -0.388 e. The molecule has 1 heteroatoms. The molecule has 0 bridgehead atoms. The van der Waals surface area contributed by atoms with Gasteiger partial charge in [-0.15, -0.1) is 0 Å². The smallest absolute Gasteiger partial charge is 0.0796 e. The summed E-state index contributed by atoms with van der Waals surface area (Å²) < 4.78 is 0. The van der Waals surface area contributed by atoms with Crippen LogP contribution in [0.25, 0.3) is 32.3 Å². The number of aliphatic hydroxyl groups excluding tert-OH is 1. The summed E-state index contributed by atoms with van der Waals surface area (Å²) in [6.07, 6.45) is 1.42. The summed E-state index contributed by atoms with van der Waals surface area (Å²) in [4.78, 5) is 0. The summed E-state index contributed by atoms with van der Waals surface area (Å²) in [7, 11) is 0. The third-order valence-corrected chi connectivity index (χ3v) is 4.48. The van der Waals surface area contributed by atoms with Crippen LogP contribution < -0.4 is 0 Å². The van der Waals surface area contributed by atoms with Crippen molar-refractivity contribution >= 4 is 32.3 Å². The van der Waals surface area contributed by atoms with Crippen LogP contribution in [0.2, 0.25) is 0 Å². The molecular formula is C20H18O. The Hall–Kier alpha value is -2.12. The molecule has 0 radical (unpaired) electrons. The van der Waals surface area contributed by atoms with E-state index in [1.807, 2.05) is 0 Å². The van der Waals surface area contributed by atoms with Crippen LogP contribution in [-0.2, 0) is 0 Å². The monoisotopic (exact) mass is 274 g/mol. The fraction of sp³-hybridized carbons (Fsp3) is 0.200. The second kappa shape index (κ2) is 4.71. The Balaban J connectivity index is 2.15. The molecule has 0 aromatic heterocycles. The zero-order valence-electron chi connectivity index (χ0n) is 12.1. The quantitative estimate of drug-likeness (QED) is 0.495. The van der Waals surface area contributed by atoms with E-state index in [1.54, 1.807) is 0 Å². The molecule has 0 spiro atoms. The normalized spacial score (nSPS) is 13.4. The Morgan fingerprint density at radius 3 is 2.14 bits per heavy atom. The van der Waals surface area contributed by atoms with E-state index < -0.39 is 0 Å². The van der Waals surface area contributed by atoms with Crippen LogP contribution in [0, 0.1) is 0 Å². The zero-order chi connectivity index (χ0) is 14.4. The van der Waals surface area contributed by atoms with Gasteiger partial charge in [-0.3, -0.25) is 0 Å². The largest absolute Gasteiger partial charge is 0.388 e. The predicted octanol–water partition coefficient (Wildman–Crippen LogP) is 5.42. The van der Waals surface area contributed by atoms with Gasteiger partial charge in [-0.1, -0.05) is 67.9 Å². The fourth-order valence-corrected chi connectivity index (χ4v) is 3.48. The van der Waals surface area contributed by atoms with E-state index >= 15 is 0 Å². The van der Waals surface area contributed by atoms with Crippen LogP contribution in [0.3, 0.4) is 0 Å². The van der Waals surface area contributed by atoms with Gasteiger partial charge in [0.1, 0.15) is 0 Å². The van der Waals surface area contributed by atoms with Crippen LogP contribution in [0.1, 0.15) is 31.4 Å². The first-order valence-corrected chi connectivity index (χ1v) is 7.64. The van der Waals surface area contributed by atoms with Crippen LogP contribution in [0.5, 0.6) is 0 Å². The van der Waals surface area contributed by atoms with Crippen molar-refractivity contribution in [1.82, 2.24) is 0 Å². The first-order chi connectivity index (χ1) is 10.3. The van der Waals surface area contributed by atoms with Crippen LogP contribution in [0.4, 0.5) is 0 Å². The van der Waals surface area contributed by atoms with Gasteiger partial charge in [0.05, 0.1) is 6.10 Å². The van der Waals surface area contributed by atoms with Crippen molar-refractivity contribution in [2.24, 2.45) is 0 Å². The molecule has 4 rings (SSSR count). The maximum atomic E-state index is 10.5. The highest BCUT2D eigenvalue weighted by molar-refractivity contribution is 6.23.